The van der Waals surface area contributed by atoms with Crippen molar-refractivity contribution in [3.63, 3.8) is 0 Å². The van der Waals surface area contributed by atoms with E-state index in [9.17, 15) is 4.79 Å². The summed E-state index contributed by atoms with van der Waals surface area (Å²) in [7, 11) is 0. The van der Waals surface area contributed by atoms with Gasteiger partial charge in [0.1, 0.15) is 5.49 Å². The summed E-state index contributed by atoms with van der Waals surface area (Å²) in [4.78, 5) is 17.6. The number of carbonyl (C=O) groups excluding carboxylic acids is 1. The molecule has 2 aliphatic rings. The van der Waals surface area contributed by atoms with Crippen LogP contribution in [0.3, 0.4) is 0 Å². The van der Waals surface area contributed by atoms with E-state index in [2.05, 4.69) is 13.0 Å². The average molecular weight is 286 g/mol. The Labute approximate surface area is 127 Å². The van der Waals surface area contributed by atoms with Crippen molar-refractivity contribution in [3.05, 3.63) is 29.4 Å². The summed E-state index contributed by atoms with van der Waals surface area (Å²) < 4.78 is 1.82. The van der Waals surface area contributed by atoms with E-state index in [1.165, 1.54) is 50.5 Å². The van der Waals surface area contributed by atoms with Gasteiger partial charge in [-0.25, -0.2) is 0 Å². The number of carbonyl (C=O) groups is 1. The second-order valence-corrected chi connectivity index (χ2v) is 6.67. The van der Waals surface area contributed by atoms with Gasteiger partial charge in [0, 0.05) is 12.1 Å². The molecule has 2 fully saturated rings. The highest BCUT2D eigenvalue weighted by atomic mass is 16.2. The van der Waals surface area contributed by atoms with Crippen molar-refractivity contribution in [2.45, 2.75) is 70.8 Å². The lowest BCUT2D eigenvalue weighted by molar-refractivity contribution is 0.0831. The second kappa shape index (κ2) is 6.59. The Morgan fingerprint density at radius 2 is 1.76 bits per heavy atom. The van der Waals surface area contributed by atoms with E-state index in [0.717, 1.165) is 18.3 Å². The first-order valence-corrected chi connectivity index (χ1v) is 8.51. The number of pyridine rings is 1. The summed E-state index contributed by atoms with van der Waals surface area (Å²) in [6.07, 6.45) is 12.6. The summed E-state index contributed by atoms with van der Waals surface area (Å²) in [6, 6.07) is 4.50. The summed E-state index contributed by atoms with van der Waals surface area (Å²) in [5.41, 5.74) is 2.05. The molecule has 2 aliphatic carbocycles. The highest BCUT2D eigenvalue weighted by Gasteiger charge is 2.24. The number of aromatic nitrogens is 1. The first-order valence-electron chi connectivity index (χ1n) is 8.51. The number of hydrogen-bond donors (Lipinski definition) is 0. The average Bonchev–Trinajstić information content (AvgIpc) is 3.02. The predicted molar refractivity (Wildman–Crippen MR) is 84.2 cm³/mol. The van der Waals surface area contributed by atoms with Crippen LogP contribution < -0.4 is 5.49 Å². The molecule has 0 spiro atoms. The van der Waals surface area contributed by atoms with E-state index in [0.29, 0.717) is 6.04 Å². The summed E-state index contributed by atoms with van der Waals surface area (Å²) in [6.45, 7) is 2.07. The molecule has 1 aromatic rings. The van der Waals surface area contributed by atoms with Gasteiger partial charge in [-0.3, -0.25) is 14.4 Å². The second-order valence-electron chi connectivity index (χ2n) is 6.67. The number of aryl methyl sites for hydroxylation is 1. The Balaban J connectivity index is 1.92. The minimum absolute atomic E-state index is 0.206. The lowest BCUT2D eigenvalue weighted by atomic mass is 9.96. The molecular weight excluding hydrogens is 260 g/mol. The van der Waals surface area contributed by atoms with Gasteiger partial charge in [0.2, 0.25) is 5.91 Å². The molecule has 3 heteroatoms. The monoisotopic (exact) mass is 286 g/mol. The van der Waals surface area contributed by atoms with Crippen LogP contribution in [0.25, 0.3) is 0 Å². The minimum atomic E-state index is 0.206. The Morgan fingerprint density at radius 3 is 2.48 bits per heavy atom. The van der Waals surface area contributed by atoms with Crippen LogP contribution >= 0.6 is 0 Å². The van der Waals surface area contributed by atoms with Crippen LogP contribution in [-0.2, 0) is 0 Å². The molecule has 0 unspecified atom stereocenters. The Hall–Kier alpha value is -1.38. The summed E-state index contributed by atoms with van der Waals surface area (Å²) in [5, 5.41) is 0. The number of hydrogen-bond acceptors (Lipinski definition) is 2. The SMILES string of the molecule is Cc1ccn(C(=O)C2CCCC2)c(=NC2CCCCC2)c1. The zero-order valence-electron chi connectivity index (χ0n) is 13.1. The fourth-order valence-electron chi connectivity index (χ4n) is 3.64. The largest absolute Gasteiger partial charge is 0.274 e. The Kier molecular flexibility index (Phi) is 4.57. The molecule has 114 valence electrons. The molecule has 21 heavy (non-hydrogen) atoms. The number of nitrogens with zero attached hydrogens (tertiary/aromatic N) is 2. The predicted octanol–water partition coefficient (Wildman–Crippen LogP) is 3.86. The van der Waals surface area contributed by atoms with Gasteiger partial charge < -0.3 is 0 Å². The van der Waals surface area contributed by atoms with Gasteiger partial charge in [-0.05, 0) is 50.3 Å². The van der Waals surface area contributed by atoms with Crippen molar-refractivity contribution in [1.82, 2.24) is 4.57 Å². The van der Waals surface area contributed by atoms with Gasteiger partial charge in [0.25, 0.3) is 0 Å². The van der Waals surface area contributed by atoms with Crippen molar-refractivity contribution >= 4 is 5.91 Å². The molecule has 1 heterocycles. The minimum Gasteiger partial charge on any atom is -0.274 e. The van der Waals surface area contributed by atoms with E-state index < -0.39 is 0 Å². The van der Waals surface area contributed by atoms with Crippen molar-refractivity contribution < 1.29 is 4.79 Å². The van der Waals surface area contributed by atoms with E-state index in [4.69, 9.17) is 4.99 Å². The fourth-order valence-corrected chi connectivity index (χ4v) is 3.64. The van der Waals surface area contributed by atoms with Gasteiger partial charge in [0.15, 0.2) is 0 Å². The molecule has 3 rings (SSSR count). The third-order valence-electron chi connectivity index (χ3n) is 4.92. The molecule has 0 radical (unpaired) electrons. The van der Waals surface area contributed by atoms with Crippen LogP contribution in [0.1, 0.15) is 68.1 Å². The summed E-state index contributed by atoms with van der Waals surface area (Å²) >= 11 is 0. The molecule has 0 atom stereocenters. The maximum atomic E-state index is 12.7. The third-order valence-corrected chi connectivity index (χ3v) is 4.92. The highest BCUT2D eigenvalue weighted by Crippen LogP contribution is 2.26. The molecule has 0 saturated heterocycles. The topological polar surface area (TPSA) is 34.4 Å². The van der Waals surface area contributed by atoms with Crippen molar-refractivity contribution in [2.75, 3.05) is 0 Å². The van der Waals surface area contributed by atoms with E-state index in [1.54, 1.807) is 0 Å². The maximum absolute atomic E-state index is 12.7. The third kappa shape index (κ3) is 3.45. The van der Waals surface area contributed by atoms with Crippen molar-refractivity contribution in [3.8, 4) is 0 Å². The molecule has 3 nitrogen and oxygen atoms in total. The lowest BCUT2D eigenvalue weighted by Crippen LogP contribution is -2.32. The molecular formula is C18H26N2O. The molecule has 0 aliphatic heterocycles. The van der Waals surface area contributed by atoms with Gasteiger partial charge in [-0.15, -0.1) is 0 Å². The van der Waals surface area contributed by atoms with Crippen LogP contribution in [0.15, 0.2) is 23.3 Å². The van der Waals surface area contributed by atoms with Crippen LogP contribution in [0.4, 0.5) is 0 Å². The van der Waals surface area contributed by atoms with Crippen LogP contribution in [-0.4, -0.2) is 16.5 Å². The Morgan fingerprint density at radius 1 is 1.10 bits per heavy atom. The van der Waals surface area contributed by atoms with E-state index in [-0.39, 0.29) is 11.8 Å². The smallest absolute Gasteiger partial charge is 0.235 e. The standard InChI is InChI=1S/C18H26N2O/c1-14-11-12-20(18(21)15-7-5-6-8-15)17(13-14)19-16-9-3-2-4-10-16/h11-13,15-16H,2-10H2,1H3. The van der Waals surface area contributed by atoms with E-state index >= 15 is 0 Å². The van der Waals surface area contributed by atoms with Gasteiger partial charge >= 0.3 is 0 Å². The van der Waals surface area contributed by atoms with Crippen molar-refractivity contribution in [2.24, 2.45) is 10.9 Å². The first-order chi connectivity index (χ1) is 10.2. The molecule has 1 aromatic heterocycles. The van der Waals surface area contributed by atoms with Gasteiger partial charge in [-0.2, -0.15) is 0 Å². The van der Waals surface area contributed by atoms with Crippen LogP contribution in [0, 0.1) is 12.8 Å². The maximum Gasteiger partial charge on any atom is 0.235 e. The molecule has 0 amide bonds. The fraction of sp³-hybridized carbons (Fsp3) is 0.667. The lowest BCUT2D eigenvalue weighted by Gasteiger charge is -2.18. The molecule has 2 saturated carbocycles. The van der Waals surface area contributed by atoms with Crippen molar-refractivity contribution in [1.29, 1.82) is 0 Å². The van der Waals surface area contributed by atoms with Gasteiger partial charge in [0.05, 0.1) is 6.04 Å². The van der Waals surface area contributed by atoms with Crippen LogP contribution in [0.5, 0.6) is 0 Å². The number of rotatable bonds is 2. The van der Waals surface area contributed by atoms with Gasteiger partial charge in [-0.1, -0.05) is 32.1 Å². The summed E-state index contributed by atoms with van der Waals surface area (Å²) in [5.74, 6) is 0.458. The molecule has 0 N–H and O–H groups in total. The van der Waals surface area contributed by atoms with Crippen LogP contribution in [0.2, 0.25) is 0 Å². The Bertz CT molecular complexity index is 561. The highest BCUT2D eigenvalue weighted by molar-refractivity contribution is 5.81. The zero-order chi connectivity index (χ0) is 14.7. The quantitative estimate of drug-likeness (QED) is 0.813. The molecule has 0 aromatic carbocycles. The zero-order valence-corrected chi connectivity index (χ0v) is 13.1. The normalized spacial score (nSPS) is 21.9. The van der Waals surface area contributed by atoms with E-state index in [1.807, 2.05) is 16.8 Å². The molecule has 0 bridgehead atoms. The first kappa shape index (κ1) is 14.6.